The molecule has 1 aliphatic heterocycles. The molecule has 1 saturated heterocycles. The van der Waals surface area contributed by atoms with Crippen molar-refractivity contribution in [1.29, 1.82) is 0 Å². The summed E-state index contributed by atoms with van der Waals surface area (Å²) in [6, 6.07) is -0.134. The maximum absolute atomic E-state index is 11.6. The molecular formula is C6H11N5O2S. The summed E-state index contributed by atoms with van der Waals surface area (Å²) in [7, 11) is -3.50. The highest BCUT2D eigenvalue weighted by Gasteiger charge is 2.23. The van der Waals surface area contributed by atoms with Crippen molar-refractivity contribution in [2.24, 2.45) is 0 Å². The van der Waals surface area contributed by atoms with Crippen LogP contribution >= 0.6 is 0 Å². The third-order valence-corrected chi connectivity index (χ3v) is 3.25. The lowest BCUT2D eigenvalue weighted by molar-refractivity contribution is 0.558. The summed E-state index contributed by atoms with van der Waals surface area (Å²) in [5.41, 5.74) is 5.67. The topological polar surface area (TPSA) is 98.9 Å². The molecule has 8 heteroatoms. The third-order valence-electron chi connectivity index (χ3n) is 1.87. The van der Waals surface area contributed by atoms with E-state index in [1.54, 1.807) is 0 Å². The fourth-order valence-corrected chi connectivity index (χ4v) is 2.36. The zero-order valence-electron chi connectivity index (χ0n) is 7.32. The fourth-order valence-electron chi connectivity index (χ4n) is 1.22. The Labute approximate surface area is 81.3 Å². The average molecular weight is 217 g/mol. The van der Waals surface area contributed by atoms with Crippen molar-refractivity contribution >= 4 is 10.0 Å². The Hall–Kier alpha value is -0.960. The summed E-state index contributed by atoms with van der Waals surface area (Å²) in [6.45, 7) is 1.14. The molecule has 2 heterocycles. The molecule has 0 unspecified atom stereocenters. The van der Waals surface area contributed by atoms with E-state index in [1.165, 1.54) is 12.4 Å². The van der Waals surface area contributed by atoms with Crippen LogP contribution in [0.2, 0.25) is 0 Å². The second-order valence-corrected chi connectivity index (χ2v) is 4.60. The Kier molecular flexibility index (Phi) is 2.50. The van der Waals surface area contributed by atoms with E-state index in [1.807, 2.05) is 0 Å². The quantitative estimate of drug-likeness (QED) is 0.477. The van der Waals surface area contributed by atoms with Gasteiger partial charge in [0.15, 0.2) is 0 Å². The Morgan fingerprint density at radius 2 is 2.14 bits per heavy atom. The van der Waals surface area contributed by atoms with Crippen LogP contribution in [0, 0.1) is 0 Å². The summed E-state index contributed by atoms with van der Waals surface area (Å²) in [6.07, 6.45) is 2.87. The molecule has 1 aromatic rings. The number of H-pyrrole nitrogens is 1. The van der Waals surface area contributed by atoms with E-state index >= 15 is 0 Å². The van der Waals surface area contributed by atoms with Crippen molar-refractivity contribution in [3.8, 4) is 0 Å². The van der Waals surface area contributed by atoms with Gasteiger partial charge in [-0.1, -0.05) is 0 Å². The first-order valence-corrected chi connectivity index (χ1v) is 5.64. The highest BCUT2D eigenvalue weighted by atomic mass is 32.2. The van der Waals surface area contributed by atoms with Gasteiger partial charge in [-0.25, -0.2) is 18.1 Å². The van der Waals surface area contributed by atoms with E-state index in [0.29, 0.717) is 13.1 Å². The van der Waals surface area contributed by atoms with E-state index in [0.717, 1.165) is 0 Å². The van der Waals surface area contributed by atoms with Gasteiger partial charge in [0.2, 0.25) is 5.16 Å². The first kappa shape index (κ1) is 9.59. The molecule has 0 aliphatic carbocycles. The Morgan fingerprint density at radius 1 is 1.43 bits per heavy atom. The lowest BCUT2D eigenvalue weighted by atomic mass is 10.4. The molecule has 0 radical (unpaired) electrons. The number of nitrogens with one attached hydrogen (secondary N) is 4. The van der Waals surface area contributed by atoms with Crippen LogP contribution in [0.5, 0.6) is 0 Å². The van der Waals surface area contributed by atoms with Crippen molar-refractivity contribution in [2.75, 3.05) is 13.1 Å². The molecule has 0 spiro atoms. The van der Waals surface area contributed by atoms with Gasteiger partial charge < -0.3 is 4.98 Å². The molecule has 4 N–H and O–H groups in total. The number of nitrogens with zero attached hydrogens (tertiary/aromatic N) is 1. The molecule has 1 fully saturated rings. The molecule has 7 nitrogen and oxygen atoms in total. The second-order valence-electron chi connectivity index (χ2n) is 2.97. The summed E-state index contributed by atoms with van der Waals surface area (Å²) < 4.78 is 25.7. The molecule has 14 heavy (non-hydrogen) atoms. The van der Waals surface area contributed by atoms with Crippen molar-refractivity contribution in [2.45, 2.75) is 11.2 Å². The predicted octanol–water partition coefficient (Wildman–Crippen LogP) is -1.84. The van der Waals surface area contributed by atoms with E-state index in [9.17, 15) is 8.42 Å². The van der Waals surface area contributed by atoms with Crippen molar-refractivity contribution in [3.63, 3.8) is 0 Å². The van der Waals surface area contributed by atoms with Crippen LogP contribution < -0.4 is 15.6 Å². The van der Waals surface area contributed by atoms with Crippen LogP contribution in [0.1, 0.15) is 0 Å². The summed E-state index contributed by atoms with van der Waals surface area (Å²) in [5.74, 6) is 0. The minimum Gasteiger partial charge on any atom is -0.334 e. The normalized spacial score (nSPS) is 18.9. The maximum atomic E-state index is 11.6. The van der Waals surface area contributed by atoms with Crippen LogP contribution in [-0.2, 0) is 10.0 Å². The molecule has 0 aromatic carbocycles. The van der Waals surface area contributed by atoms with Gasteiger partial charge in [0.05, 0.1) is 0 Å². The highest BCUT2D eigenvalue weighted by Crippen LogP contribution is 2.01. The van der Waals surface area contributed by atoms with Gasteiger partial charge in [0, 0.05) is 31.5 Å². The molecule has 0 atom stereocenters. The number of aromatic nitrogens is 2. The summed E-state index contributed by atoms with van der Waals surface area (Å²) in [5, 5.41) is -0.0515. The number of hydrazine groups is 1. The predicted molar refractivity (Wildman–Crippen MR) is 48.7 cm³/mol. The van der Waals surface area contributed by atoms with Gasteiger partial charge in [-0.15, -0.1) is 0 Å². The molecular weight excluding hydrogens is 206 g/mol. The van der Waals surface area contributed by atoms with Crippen molar-refractivity contribution < 1.29 is 8.42 Å². The van der Waals surface area contributed by atoms with Gasteiger partial charge in [0.25, 0.3) is 10.0 Å². The maximum Gasteiger partial charge on any atom is 0.274 e. The number of sulfonamides is 1. The van der Waals surface area contributed by atoms with E-state index < -0.39 is 10.0 Å². The van der Waals surface area contributed by atoms with Crippen LogP contribution in [0.3, 0.4) is 0 Å². The molecule has 0 amide bonds. The monoisotopic (exact) mass is 217 g/mol. The van der Waals surface area contributed by atoms with E-state index in [2.05, 4.69) is 25.5 Å². The summed E-state index contributed by atoms with van der Waals surface area (Å²) in [4.78, 5) is 6.23. The van der Waals surface area contributed by atoms with E-state index in [4.69, 9.17) is 0 Å². The molecule has 0 saturated carbocycles. The minimum absolute atomic E-state index is 0.0515. The van der Waals surface area contributed by atoms with Gasteiger partial charge in [-0.3, -0.25) is 10.9 Å². The van der Waals surface area contributed by atoms with Crippen LogP contribution in [0.15, 0.2) is 17.6 Å². The van der Waals surface area contributed by atoms with Crippen molar-refractivity contribution in [3.05, 3.63) is 12.4 Å². The first-order chi connectivity index (χ1) is 6.68. The minimum atomic E-state index is -3.50. The lowest BCUT2D eigenvalue weighted by Crippen LogP contribution is -2.38. The molecule has 0 bridgehead atoms. The van der Waals surface area contributed by atoms with Gasteiger partial charge in [0.1, 0.15) is 0 Å². The smallest absolute Gasteiger partial charge is 0.274 e. The zero-order chi connectivity index (χ0) is 10.0. The average Bonchev–Trinajstić information content (AvgIpc) is 2.71. The third kappa shape index (κ3) is 1.93. The van der Waals surface area contributed by atoms with Gasteiger partial charge in [-0.2, -0.15) is 0 Å². The van der Waals surface area contributed by atoms with Crippen LogP contribution in [-0.4, -0.2) is 37.5 Å². The number of hydrogen-bond donors (Lipinski definition) is 4. The Morgan fingerprint density at radius 3 is 2.71 bits per heavy atom. The highest BCUT2D eigenvalue weighted by molar-refractivity contribution is 7.89. The van der Waals surface area contributed by atoms with Gasteiger partial charge >= 0.3 is 0 Å². The molecule has 78 valence electrons. The molecule has 1 aromatic heterocycles. The SMILES string of the molecule is O=S(=O)(NC1CNNC1)c1ncc[nH]1. The Balaban J connectivity index is 2.09. The Bertz CT molecular complexity index is 380. The van der Waals surface area contributed by atoms with Gasteiger partial charge in [-0.05, 0) is 0 Å². The molecule has 2 rings (SSSR count). The van der Waals surface area contributed by atoms with Crippen molar-refractivity contribution in [1.82, 2.24) is 25.5 Å². The second kappa shape index (κ2) is 3.65. The van der Waals surface area contributed by atoms with Crippen LogP contribution in [0.4, 0.5) is 0 Å². The van der Waals surface area contributed by atoms with Crippen LogP contribution in [0.25, 0.3) is 0 Å². The summed E-state index contributed by atoms with van der Waals surface area (Å²) >= 11 is 0. The zero-order valence-corrected chi connectivity index (χ0v) is 8.13. The first-order valence-electron chi connectivity index (χ1n) is 4.16. The number of rotatable bonds is 3. The number of imidazole rings is 1. The van der Waals surface area contributed by atoms with E-state index in [-0.39, 0.29) is 11.2 Å². The fraction of sp³-hybridized carbons (Fsp3) is 0.500. The molecule has 1 aliphatic rings. The largest absolute Gasteiger partial charge is 0.334 e. The number of aromatic amines is 1. The lowest BCUT2D eigenvalue weighted by Gasteiger charge is -2.08. The number of hydrogen-bond acceptors (Lipinski definition) is 5. The standard InChI is InChI=1S/C6H11N5O2S/c12-14(13,6-7-1-2-8-6)11-5-3-9-10-4-5/h1-2,5,9-11H,3-4H2,(H,7,8).